The van der Waals surface area contributed by atoms with Crippen LogP contribution in [0.25, 0.3) is 22.3 Å². The molecule has 4 aromatic rings. The van der Waals surface area contributed by atoms with Crippen LogP contribution in [0.5, 0.6) is 0 Å². The summed E-state index contributed by atoms with van der Waals surface area (Å²) in [6, 6.07) is 9.53. The number of benzene rings is 2. The lowest BCUT2D eigenvalue weighted by Crippen LogP contribution is -2.52. The predicted octanol–water partition coefficient (Wildman–Crippen LogP) is -0.357. The molecule has 3 aliphatic heterocycles. The molecule has 77 heavy (non-hydrogen) atoms. The average Bonchev–Trinajstić information content (AvgIpc) is 4.08. The summed E-state index contributed by atoms with van der Waals surface area (Å²) in [6.07, 6.45) is 3.06. The first-order chi connectivity index (χ1) is 36.9. The summed E-state index contributed by atoms with van der Waals surface area (Å²) in [5, 5.41) is 37.5. The zero-order valence-electron chi connectivity index (χ0n) is 42.3. The molecule has 0 unspecified atom stereocenters. The third kappa shape index (κ3) is 11.9. The van der Waals surface area contributed by atoms with E-state index in [0.29, 0.717) is 64.6 Å². The van der Waals surface area contributed by atoms with Gasteiger partial charge in [0, 0.05) is 54.1 Å². The van der Waals surface area contributed by atoms with Crippen LogP contribution in [-0.4, -0.2) is 130 Å². The number of aryl methyl sites for hydroxylation is 1. The second-order valence-corrected chi connectivity index (χ2v) is 19.0. The molecule has 0 radical (unpaired) electrons. The molecule has 8 amide bonds. The molecule has 23 nitrogen and oxygen atoms in total. The van der Waals surface area contributed by atoms with Crippen molar-refractivity contribution in [3.05, 3.63) is 110 Å². The Labute approximate surface area is 439 Å². The highest BCUT2D eigenvalue weighted by Crippen LogP contribution is 2.46. The number of rotatable bonds is 23. The first kappa shape index (κ1) is 55.0. The first-order valence-electron chi connectivity index (χ1n) is 25.2. The van der Waals surface area contributed by atoms with Gasteiger partial charge in [0.1, 0.15) is 25.2 Å². The lowest BCUT2D eigenvalue weighted by Gasteiger charge is -2.31. The smallest absolute Gasteiger partial charge is 0.343 e. The highest BCUT2D eigenvalue weighted by molar-refractivity contribution is 6.12. The molecule has 0 fully saturated rings. The van der Waals surface area contributed by atoms with E-state index in [1.807, 2.05) is 0 Å². The summed E-state index contributed by atoms with van der Waals surface area (Å²) in [6.45, 7) is 0.173. The van der Waals surface area contributed by atoms with Gasteiger partial charge in [0.2, 0.25) is 29.5 Å². The van der Waals surface area contributed by atoms with Crippen molar-refractivity contribution < 1.29 is 67.2 Å². The van der Waals surface area contributed by atoms with E-state index in [2.05, 4.69) is 31.9 Å². The SMILES string of the molecule is CC[C@@]1(O)C(=O)OCc2c1cc1n(c2=O)Cc2c-1nc1cc(F)c(C)c3c1c2[C@@H](NC(=O)[C@@H](CO)OCNC(=O)CNC(=O)[C@H](Cc1ccccc1)NC(=O)CNC(=O)CNC(=O)CCCCCN1C(=O)C=CC1=O)CC3. The normalized spacial score (nSPS) is 17.6. The number of cyclic esters (lactones) is 1. The summed E-state index contributed by atoms with van der Waals surface area (Å²) in [5.41, 5.74) is 1.34. The number of pyridine rings is 2. The number of nitrogens with one attached hydrogen (secondary N) is 6. The Bertz CT molecular complexity index is 3150. The number of aliphatic hydroxyl groups excluding tert-OH is 1. The van der Waals surface area contributed by atoms with Gasteiger partial charge in [-0.2, -0.15) is 0 Å². The maximum absolute atomic E-state index is 15.4. The Kier molecular flexibility index (Phi) is 17.0. The van der Waals surface area contributed by atoms with Gasteiger partial charge >= 0.3 is 5.97 Å². The highest BCUT2D eigenvalue weighted by Gasteiger charge is 2.46. The van der Waals surface area contributed by atoms with Crippen LogP contribution in [0, 0.1) is 12.7 Å². The van der Waals surface area contributed by atoms with Crippen molar-refractivity contribution in [1.29, 1.82) is 0 Å². The van der Waals surface area contributed by atoms with Crippen LogP contribution in [-0.2, 0) is 84.2 Å². The molecule has 0 saturated heterocycles. The number of esters is 1. The molecule has 8 rings (SSSR count). The van der Waals surface area contributed by atoms with Gasteiger partial charge in [-0.3, -0.25) is 48.1 Å². The van der Waals surface area contributed by atoms with Gasteiger partial charge in [0.05, 0.1) is 61.3 Å². The van der Waals surface area contributed by atoms with Gasteiger partial charge in [0.25, 0.3) is 23.3 Å². The van der Waals surface area contributed by atoms with Crippen LogP contribution in [0.3, 0.4) is 0 Å². The Hall–Kier alpha value is -8.22. The zero-order valence-corrected chi connectivity index (χ0v) is 42.3. The number of aromatic nitrogens is 2. The van der Waals surface area contributed by atoms with Gasteiger partial charge in [0.15, 0.2) is 11.7 Å². The highest BCUT2D eigenvalue weighted by atomic mass is 19.1. The molecular formula is C53H58FN9O14. The lowest BCUT2D eigenvalue weighted by molar-refractivity contribution is -0.172. The molecule has 8 N–H and O–H groups in total. The van der Waals surface area contributed by atoms with E-state index < -0.39 is 110 Å². The van der Waals surface area contributed by atoms with E-state index in [9.17, 15) is 58.2 Å². The first-order valence-corrected chi connectivity index (χ1v) is 25.2. The Morgan fingerprint density at radius 3 is 2.30 bits per heavy atom. The molecule has 4 aliphatic rings. The van der Waals surface area contributed by atoms with Crippen molar-refractivity contribution in [3.63, 3.8) is 0 Å². The second kappa shape index (κ2) is 23.8. The number of aliphatic hydroxyl groups is 2. The molecule has 2 aromatic carbocycles. The van der Waals surface area contributed by atoms with E-state index >= 15 is 4.39 Å². The molecular weight excluding hydrogens is 1010 g/mol. The molecule has 406 valence electrons. The maximum atomic E-state index is 15.4. The van der Waals surface area contributed by atoms with Crippen LogP contribution < -0.4 is 37.5 Å². The number of carbonyl (C=O) groups is 9. The van der Waals surface area contributed by atoms with Crippen LogP contribution >= 0.6 is 0 Å². The quantitative estimate of drug-likeness (QED) is 0.0179. The minimum Gasteiger partial charge on any atom is -0.458 e. The number of hydrogen-bond donors (Lipinski definition) is 8. The molecule has 2 aromatic heterocycles. The van der Waals surface area contributed by atoms with E-state index in [0.717, 1.165) is 4.90 Å². The van der Waals surface area contributed by atoms with Crippen LogP contribution in [0.1, 0.15) is 90.4 Å². The zero-order chi connectivity index (χ0) is 55.1. The maximum Gasteiger partial charge on any atom is 0.343 e. The van der Waals surface area contributed by atoms with Crippen LogP contribution in [0.4, 0.5) is 4.39 Å². The average molecular weight is 1060 g/mol. The predicted molar refractivity (Wildman–Crippen MR) is 269 cm³/mol. The number of imide groups is 1. The third-order valence-electron chi connectivity index (χ3n) is 14.1. The van der Waals surface area contributed by atoms with Gasteiger partial charge in [-0.25, -0.2) is 14.2 Å². The van der Waals surface area contributed by atoms with Crippen molar-refractivity contribution >= 4 is 64.1 Å². The lowest BCUT2D eigenvalue weighted by atomic mass is 9.81. The fraction of sp³-hybridized carbons (Fsp3) is 0.415. The van der Waals surface area contributed by atoms with Gasteiger partial charge in [-0.1, -0.05) is 43.7 Å². The standard InChI is InChI=1S/C53H58FN9O14/c1-3-53(75)33-19-38-48-31(24-63(38)51(73)32(33)26-76-52(53)74)47-35(14-13-30-28(2)34(54)20-36(60-48)46(30)47)61-50(72)39(25-64)77-27-58-42(67)22-57-49(71)37(18-29-10-6-4-7-11-29)59-43(68)23-56-41(66)21-55-40(65)12-8-5-9-17-62-44(69)15-16-45(62)70/h4,6-7,10-11,15-16,19-20,35,37,39,64,75H,3,5,8-9,12-14,17-18,21-27H2,1-2H3,(H,55,65)(H,56,66)(H,57,71)(H,58,67)(H,59,68)(H,61,72)/t35-,37-,39+,53-/m0/s1. The second-order valence-electron chi connectivity index (χ2n) is 19.0. The van der Waals surface area contributed by atoms with E-state index in [4.69, 9.17) is 14.5 Å². The summed E-state index contributed by atoms with van der Waals surface area (Å²) in [4.78, 5) is 134. The fourth-order valence-electron chi connectivity index (χ4n) is 9.95. The van der Waals surface area contributed by atoms with Crippen molar-refractivity contribution in [2.24, 2.45) is 0 Å². The van der Waals surface area contributed by atoms with E-state index in [1.165, 1.54) is 28.9 Å². The fourth-order valence-corrected chi connectivity index (χ4v) is 9.95. The number of halogens is 1. The Balaban J connectivity index is 0.831. The molecule has 4 atom stereocenters. The number of amides is 8. The summed E-state index contributed by atoms with van der Waals surface area (Å²) in [7, 11) is 0. The molecule has 5 heterocycles. The largest absolute Gasteiger partial charge is 0.458 e. The van der Waals surface area contributed by atoms with E-state index in [-0.39, 0.29) is 79.5 Å². The van der Waals surface area contributed by atoms with Crippen molar-refractivity contribution in [2.45, 2.75) is 102 Å². The van der Waals surface area contributed by atoms with Gasteiger partial charge in [-0.15, -0.1) is 0 Å². The topological polar surface area (TPSA) is 323 Å². The van der Waals surface area contributed by atoms with Crippen molar-refractivity contribution in [3.8, 4) is 11.4 Å². The van der Waals surface area contributed by atoms with Crippen LogP contribution in [0.15, 0.2) is 59.4 Å². The van der Waals surface area contributed by atoms with Crippen molar-refractivity contribution in [2.75, 3.05) is 39.5 Å². The molecule has 0 saturated carbocycles. The number of carbonyl (C=O) groups excluding carboxylic acids is 9. The monoisotopic (exact) mass is 1060 g/mol. The summed E-state index contributed by atoms with van der Waals surface area (Å²) < 4.78 is 27.7. The van der Waals surface area contributed by atoms with Gasteiger partial charge in [-0.05, 0) is 67.3 Å². The number of unbranched alkanes of at least 4 members (excludes halogenated alkanes) is 2. The molecule has 0 spiro atoms. The molecule has 1 aliphatic carbocycles. The number of fused-ring (bicyclic) bond motifs is 5. The Morgan fingerprint density at radius 2 is 1.57 bits per heavy atom. The third-order valence-corrected chi connectivity index (χ3v) is 14.1. The molecule has 0 bridgehead atoms. The number of hydrogen-bond acceptors (Lipinski definition) is 15. The van der Waals surface area contributed by atoms with Crippen LogP contribution in [0.2, 0.25) is 0 Å². The van der Waals surface area contributed by atoms with Gasteiger partial charge < -0.3 is 56.2 Å². The summed E-state index contributed by atoms with van der Waals surface area (Å²) >= 11 is 0. The minimum absolute atomic E-state index is 0.00170. The number of nitrogens with zero attached hydrogens (tertiary/aromatic N) is 3. The molecule has 24 heteroatoms. The Morgan fingerprint density at radius 1 is 0.870 bits per heavy atom. The van der Waals surface area contributed by atoms with E-state index in [1.54, 1.807) is 44.2 Å². The number of ether oxygens (including phenoxy) is 2. The minimum atomic E-state index is -2.08. The summed E-state index contributed by atoms with van der Waals surface area (Å²) in [5.74, 6) is -6.23. The van der Waals surface area contributed by atoms with Crippen molar-refractivity contribution in [1.82, 2.24) is 46.4 Å².